The maximum absolute atomic E-state index is 12.3. The summed E-state index contributed by atoms with van der Waals surface area (Å²) >= 11 is 1.61. The third kappa shape index (κ3) is 3.05. The number of amides is 1. The lowest BCUT2D eigenvalue weighted by Gasteiger charge is -2.33. The number of aromatic nitrogens is 2. The van der Waals surface area contributed by atoms with Crippen molar-refractivity contribution in [2.75, 3.05) is 24.5 Å². The van der Waals surface area contributed by atoms with Gasteiger partial charge in [0.25, 0.3) is 0 Å². The zero-order valence-electron chi connectivity index (χ0n) is 12.7. The SMILES string of the molecule is C[C@@H](CN)NC(=O)C1CCCN(c2ncnc3sccc23)C1. The number of thiophene rings is 1. The molecule has 2 aromatic heterocycles. The van der Waals surface area contributed by atoms with Gasteiger partial charge in [-0.1, -0.05) is 0 Å². The summed E-state index contributed by atoms with van der Waals surface area (Å²) < 4.78 is 0. The van der Waals surface area contributed by atoms with Gasteiger partial charge in [-0.3, -0.25) is 4.79 Å². The summed E-state index contributed by atoms with van der Waals surface area (Å²) in [6.45, 7) is 4.02. The Morgan fingerprint density at radius 1 is 1.59 bits per heavy atom. The van der Waals surface area contributed by atoms with E-state index in [2.05, 4.69) is 26.3 Å². The van der Waals surface area contributed by atoms with Crippen molar-refractivity contribution in [3.8, 4) is 0 Å². The molecular formula is C15H21N5OS. The number of rotatable bonds is 4. The van der Waals surface area contributed by atoms with Crippen molar-refractivity contribution in [3.63, 3.8) is 0 Å². The number of piperidine rings is 1. The number of carbonyl (C=O) groups excluding carboxylic acids is 1. The molecule has 1 amide bonds. The van der Waals surface area contributed by atoms with Crippen molar-refractivity contribution in [2.45, 2.75) is 25.8 Å². The second kappa shape index (κ2) is 6.58. The minimum atomic E-state index is -0.00796. The number of anilines is 1. The van der Waals surface area contributed by atoms with Gasteiger partial charge in [-0.05, 0) is 31.2 Å². The molecule has 0 radical (unpaired) electrons. The van der Waals surface area contributed by atoms with Crippen LogP contribution in [0.3, 0.4) is 0 Å². The van der Waals surface area contributed by atoms with Crippen LogP contribution in [0.4, 0.5) is 5.82 Å². The van der Waals surface area contributed by atoms with Crippen molar-refractivity contribution in [1.29, 1.82) is 0 Å². The topological polar surface area (TPSA) is 84.1 Å². The van der Waals surface area contributed by atoms with Crippen LogP contribution in [-0.2, 0) is 4.79 Å². The first kappa shape index (κ1) is 15.2. The second-order valence-corrected chi connectivity index (χ2v) is 6.66. The molecule has 1 aliphatic heterocycles. The van der Waals surface area contributed by atoms with E-state index >= 15 is 0 Å². The van der Waals surface area contributed by atoms with Crippen molar-refractivity contribution < 1.29 is 4.79 Å². The lowest BCUT2D eigenvalue weighted by molar-refractivity contribution is -0.125. The number of hydrogen-bond donors (Lipinski definition) is 2. The molecule has 0 spiro atoms. The standard InChI is InChI=1S/C15H21N5OS/c1-10(7-16)19-14(21)11-3-2-5-20(8-11)13-12-4-6-22-15(12)18-9-17-13/h4,6,9-11H,2-3,5,7-8,16H2,1H3,(H,19,21)/t10-,11?/m0/s1. The zero-order chi connectivity index (χ0) is 15.5. The molecular weight excluding hydrogens is 298 g/mol. The smallest absolute Gasteiger partial charge is 0.225 e. The molecule has 0 saturated carbocycles. The van der Waals surface area contributed by atoms with Crippen molar-refractivity contribution in [1.82, 2.24) is 15.3 Å². The molecule has 22 heavy (non-hydrogen) atoms. The highest BCUT2D eigenvalue weighted by atomic mass is 32.1. The second-order valence-electron chi connectivity index (χ2n) is 5.77. The van der Waals surface area contributed by atoms with Crippen LogP contribution in [0.2, 0.25) is 0 Å². The minimum absolute atomic E-state index is 0.00796. The van der Waals surface area contributed by atoms with Gasteiger partial charge in [0.05, 0.1) is 11.3 Å². The summed E-state index contributed by atoms with van der Waals surface area (Å²) in [6.07, 6.45) is 3.51. The van der Waals surface area contributed by atoms with E-state index in [0.717, 1.165) is 35.4 Å². The number of nitrogens with zero attached hydrogens (tertiary/aromatic N) is 3. The van der Waals surface area contributed by atoms with Gasteiger partial charge in [-0.15, -0.1) is 11.3 Å². The number of carbonyl (C=O) groups is 1. The minimum Gasteiger partial charge on any atom is -0.355 e. The Morgan fingerprint density at radius 2 is 2.45 bits per heavy atom. The average Bonchev–Trinajstić information content (AvgIpc) is 3.03. The number of nitrogens with two attached hydrogens (primary N) is 1. The van der Waals surface area contributed by atoms with E-state index in [1.165, 1.54) is 0 Å². The molecule has 3 heterocycles. The predicted molar refractivity (Wildman–Crippen MR) is 89.0 cm³/mol. The summed E-state index contributed by atoms with van der Waals surface area (Å²) in [5, 5.41) is 6.08. The third-order valence-corrected chi connectivity index (χ3v) is 4.90. The van der Waals surface area contributed by atoms with Crippen LogP contribution in [0.15, 0.2) is 17.8 Å². The highest BCUT2D eigenvalue weighted by Crippen LogP contribution is 2.29. The van der Waals surface area contributed by atoms with Crippen LogP contribution in [-0.4, -0.2) is 41.6 Å². The summed E-state index contributed by atoms with van der Waals surface area (Å²) in [5.74, 6) is 1.03. The monoisotopic (exact) mass is 319 g/mol. The van der Waals surface area contributed by atoms with Gasteiger partial charge in [0.1, 0.15) is 17.0 Å². The summed E-state index contributed by atoms with van der Waals surface area (Å²) in [5.41, 5.74) is 5.58. The normalized spacial score (nSPS) is 20.1. The molecule has 0 bridgehead atoms. The van der Waals surface area contributed by atoms with Gasteiger partial charge in [-0.2, -0.15) is 0 Å². The Kier molecular flexibility index (Phi) is 4.54. The van der Waals surface area contributed by atoms with Crippen LogP contribution in [0.25, 0.3) is 10.2 Å². The van der Waals surface area contributed by atoms with E-state index in [-0.39, 0.29) is 17.9 Å². The van der Waals surface area contributed by atoms with Crippen LogP contribution in [0, 0.1) is 5.92 Å². The van der Waals surface area contributed by atoms with E-state index in [0.29, 0.717) is 13.1 Å². The molecule has 0 aliphatic carbocycles. The van der Waals surface area contributed by atoms with Gasteiger partial charge in [0, 0.05) is 25.7 Å². The fraction of sp³-hybridized carbons (Fsp3) is 0.533. The van der Waals surface area contributed by atoms with E-state index in [4.69, 9.17) is 5.73 Å². The maximum Gasteiger partial charge on any atom is 0.225 e. The van der Waals surface area contributed by atoms with Gasteiger partial charge >= 0.3 is 0 Å². The maximum atomic E-state index is 12.3. The Morgan fingerprint density at radius 3 is 3.27 bits per heavy atom. The molecule has 0 aromatic carbocycles. The van der Waals surface area contributed by atoms with Crippen LogP contribution < -0.4 is 16.0 Å². The average molecular weight is 319 g/mol. The molecule has 3 rings (SSSR count). The molecule has 118 valence electrons. The zero-order valence-corrected chi connectivity index (χ0v) is 13.5. The van der Waals surface area contributed by atoms with E-state index in [1.807, 2.05) is 12.3 Å². The van der Waals surface area contributed by atoms with Gasteiger partial charge < -0.3 is 16.0 Å². The lowest BCUT2D eigenvalue weighted by atomic mass is 9.96. The Bertz CT molecular complexity index is 658. The first-order chi connectivity index (χ1) is 10.7. The predicted octanol–water partition coefficient (Wildman–Crippen LogP) is 1.37. The summed E-state index contributed by atoms with van der Waals surface area (Å²) in [4.78, 5) is 24.3. The van der Waals surface area contributed by atoms with Crippen molar-refractivity contribution in [3.05, 3.63) is 17.8 Å². The quantitative estimate of drug-likeness (QED) is 0.889. The molecule has 2 aromatic rings. The van der Waals surface area contributed by atoms with Gasteiger partial charge in [0.2, 0.25) is 5.91 Å². The molecule has 1 aliphatic rings. The molecule has 7 heteroatoms. The summed E-state index contributed by atoms with van der Waals surface area (Å²) in [6, 6.07) is 2.07. The van der Waals surface area contributed by atoms with E-state index in [9.17, 15) is 4.79 Å². The molecule has 6 nitrogen and oxygen atoms in total. The molecule has 2 atom stereocenters. The van der Waals surface area contributed by atoms with Crippen LogP contribution >= 0.6 is 11.3 Å². The van der Waals surface area contributed by atoms with Crippen LogP contribution in [0.5, 0.6) is 0 Å². The number of nitrogens with one attached hydrogen (secondary N) is 1. The first-order valence-electron chi connectivity index (χ1n) is 7.62. The van der Waals surface area contributed by atoms with E-state index < -0.39 is 0 Å². The molecule has 3 N–H and O–H groups in total. The highest BCUT2D eigenvalue weighted by molar-refractivity contribution is 7.16. The Labute approximate surface area is 133 Å². The molecule has 1 unspecified atom stereocenters. The van der Waals surface area contributed by atoms with Crippen molar-refractivity contribution >= 4 is 33.3 Å². The Balaban J connectivity index is 1.75. The number of fused-ring (bicyclic) bond motifs is 1. The molecule has 1 fully saturated rings. The fourth-order valence-electron chi connectivity index (χ4n) is 2.83. The Hall–Kier alpha value is -1.73. The lowest BCUT2D eigenvalue weighted by Crippen LogP contribution is -2.47. The van der Waals surface area contributed by atoms with Gasteiger partial charge in [0.15, 0.2) is 0 Å². The third-order valence-electron chi connectivity index (χ3n) is 4.07. The summed E-state index contributed by atoms with van der Waals surface area (Å²) in [7, 11) is 0. The van der Waals surface area contributed by atoms with Crippen LogP contribution in [0.1, 0.15) is 19.8 Å². The van der Waals surface area contributed by atoms with E-state index in [1.54, 1.807) is 17.7 Å². The number of hydrogen-bond acceptors (Lipinski definition) is 6. The first-order valence-corrected chi connectivity index (χ1v) is 8.50. The molecule has 1 saturated heterocycles. The fourth-order valence-corrected chi connectivity index (χ4v) is 3.56. The van der Waals surface area contributed by atoms with Crippen molar-refractivity contribution in [2.24, 2.45) is 11.7 Å². The highest BCUT2D eigenvalue weighted by Gasteiger charge is 2.28. The van der Waals surface area contributed by atoms with Gasteiger partial charge in [-0.25, -0.2) is 9.97 Å². The largest absolute Gasteiger partial charge is 0.355 e.